The van der Waals surface area contributed by atoms with E-state index in [4.69, 9.17) is 4.74 Å². The number of rotatable bonds is 5. The number of benzene rings is 1. The molecule has 0 bridgehead atoms. The maximum Gasteiger partial charge on any atom is 0.124 e. The molecule has 0 radical (unpaired) electrons. The zero-order valence-corrected chi connectivity index (χ0v) is 17.1. The number of hydrogen-bond acceptors (Lipinski definition) is 4. The first kappa shape index (κ1) is 19.4. The van der Waals surface area contributed by atoms with Gasteiger partial charge in [-0.3, -0.25) is 4.98 Å². The second kappa shape index (κ2) is 7.71. The number of carbonyl (C=O) groups excluding carboxylic acids is 1. The molecular weight excluding hydrogens is 336 g/mol. The van der Waals surface area contributed by atoms with E-state index in [-0.39, 0.29) is 0 Å². The summed E-state index contributed by atoms with van der Waals surface area (Å²) in [5, 5.41) is 0. The number of anilines is 1. The number of methoxy groups -OCH3 is 1. The van der Waals surface area contributed by atoms with E-state index < -0.39 is 0 Å². The lowest BCUT2D eigenvalue weighted by Gasteiger charge is -2.40. The van der Waals surface area contributed by atoms with E-state index in [1.54, 1.807) is 7.11 Å². The normalized spacial score (nSPS) is 16.3. The Balaban J connectivity index is 2.12. The average Bonchev–Trinajstić information content (AvgIpc) is 2.63. The summed E-state index contributed by atoms with van der Waals surface area (Å²) in [6, 6.07) is 6.24. The highest BCUT2D eigenvalue weighted by molar-refractivity contribution is 5.83. The van der Waals surface area contributed by atoms with Gasteiger partial charge in [-0.2, -0.15) is 0 Å². The Morgan fingerprint density at radius 3 is 2.52 bits per heavy atom. The van der Waals surface area contributed by atoms with Crippen LogP contribution in [0.5, 0.6) is 5.75 Å². The number of aldehydes is 1. The van der Waals surface area contributed by atoms with Crippen molar-refractivity contribution in [2.24, 2.45) is 5.41 Å². The smallest absolute Gasteiger partial charge is 0.124 e. The van der Waals surface area contributed by atoms with Gasteiger partial charge >= 0.3 is 0 Å². The van der Waals surface area contributed by atoms with E-state index >= 15 is 0 Å². The van der Waals surface area contributed by atoms with Gasteiger partial charge in [-0.25, -0.2) is 0 Å². The summed E-state index contributed by atoms with van der Waals surface area (Å²) >= 11 is 0. The summed E-state index contributed by atoms with van der Waals surface area (Å²) in [7, 11) is 1.69. The topological polar surface area (TPSA) is 42.4 Å². The SMILES string of the molecule is COc1ccc(-c2cnc(C)c(CC=O)c2N2CCC(C)(C)CC2)cc1C. The zero-order valence-electron chi connectivity index (χ0n) is 17.1. The van der Waals surface area contributed by atoms with Gasteiger partial charge in [0.2, 0.25) is 0 Å². The van der Waals surface area contributed by atoms with Crippen LogP contribution in [0.2, 0.25) is 0 Å². The van der Waals surface area contributed by atoms with Crippen LogP contribution in [0.3, 0.4) is 0 Å². The lowest BCUT2D eigenvalue weighted by atomic mass is 9.82. The molecule has 0 spiro atoms. The maximum absolute atomic E-state index is 11.4. The minimum Gasteiger partial charge on any atom is -0.496 e. The van der Waals surface area contributed by atoms with Gasteiger partial charge in [-0.05, 0) is 55.4 Å². The summed E-state index contributed by atoms with van der Waals surface area (Å²) in [5.74, 6) is 0.883. The molecule has 1 aromatic heterocycles. The molecule has 0 unspecified atom stereocenters. The van der Waals surface area contributed by atoms with E-state index in [2.05, 4.69) is 42.8 Å². The number of hydrogen-bond donors (Lipinski definition) is 0. The van der Waals surface area contributed by atoms with Gasteiger partial charge in [0.25, 0.3) is 0 Å². The third-order valence-electron chi connectivity index (χ3n) is 5.79. The standard InChI is InChI=1S/C23H30N2O2/c1-16-14-18(6-7-21(16)27-5)20-15-24-17(2)19(8-13-26)22(20)25-11-9-23(3,4)10-12-25/h6-7,13-15H,8-12H2,1-5H3. The monoisotopic (exact) mass is 366 g/mol. The number of aromatic nitrogens is 1. The molecule has 0 saturated carbocycles. The van der Waals surface area contributed by atoms with Crippen LogP contribution in [-0.2, 0) is 11.2 Å². The largest absolute Gasteiger partial charge is 0.496 e. The van der Waals surface area contributed by atoms with Crippen LogP contribution < -0.4 is 9.64 Å². The number of pyridine rings is 1. The first-order valence-electron chi connectivity index (χ1n) is 9.68. The van der Waals surface area contributed by atoms with Crippen LogP contribution in [0, 0.1) is 19.3 Å². The van der Waals surface area contributed by atoms with E-state index in [0.717, 1.165) is 65.9 Å². The minimum absolute atomic E-state index is 0.375. The molecule has 1 fully saturated rings. The first-order valence-corrected chi connectivity index (χ1v) is 9.68. The van der Waals surface area contributed by atoms with Crippen LogP contribution in [0.25, 0.3) is 11.1 Å². The third-order valence-corrected chi connectivity index (χ3v) is 5.79. The highest BCUT2D eigenvalue weighted by Gasteiger charge is 2.28. The molecule has 2 aromatic rings. The van der Waals surface area contributed by atoms with Crippen molar-refractivity contribution >= 4 is 12.0 Å². The Labute approximate surface area is 162 Å². The summed E-state index contributed by atoms with van der Waals surface area (Å²) in [6.45, 7) is 10.7. The van der Waals surface area contributed by atoms with E-state index in [1.807, 2.05) is 19.2 Å². The molecule has 1 aromatic carbocycles. The Morgan fingerprint density at radius 2 is 1.93 bits per heavy atom. The van der Waals surface area contributed by atoms with Crippen molar-refractivity contribution in [2.75, 3.05) is 25.1 Å². The van der Waals surface area contributed by atoms with E-state index in [1.165, 1.54) is 5.69 Å². The fraction of sp³-hybridized carbons (Fsp3) is 0.478. The van der Waals surface area contributed by atoms with Crippen molar-refractivity contribution in [3.8, 4) is 16.9 Å². The number of nitrogens with zero attached hydrogens (tertiary/aromatic N) is 2. The molecule has 144 valence electrons. The molecule has 0 aliphatic carbocycles. The molecule has 1 aliphatic rings. The van der Waals surface area contributed by atoms with Crippen molar-refractivity contribution < 1.29 is 9.53 Å². The molecule has 3 rings (SSSR count). The van der Waals surface area contributed by atoms with Gasteiger partial charge in [0.05, 0.1) is 12.8 Å². The van der Waals surface area contributed by atoms with E-state index in [0.29, 0.717) is 11.8 Å². The number of aryl methyl sites for hydroxylation is 2. The van der Waals surface area contributed by atoms with Crippen molar-refractivity contribution in [1.29, 1.82) is 0 Å². The van der Waals surface area contributed by atoms with E-state index in [9.17, 15) is 4.79 Å². The molecule has 0 N–H and O–H groups in total. The van der Waals surface area contributed by atoms with Gasteiger partial charge in [0.1, 0.15) is 12.0 Å². The van der Waals surface area contributed by atoms with Gasteiger partial charge in [0, 0.05) is 42.5 Å². The van der Waals surface area contributed by atoms with Crippen LogP contribution in [-0.4, -0.2) is 31.5 Å². The fourth-order valence-electron chi connectivity index (χ4n) is 3.92. The van der Waals surface area contributed by atoms with Crippen LogP contribution >= 0.6 is 0 Å². The Hall–Kier alpha value is -2.36. The van der Waals surface area contributed by atoms with Gasteiger partial charge in [-0.1, -0.05) is 19.9 Å². The molecule has 2 heterocycles. The second-order valence-corrected chi connectivity index (χ2v) is 8.29. The highest BCUT2D eigenvalue weighted by Crippen LogP contribution is 2.40. The lowest BCUT2D eigenvalue weighted by Crippen LogP contribution is -2.38. The van der Waals surface area contributed by atoms with Gasteiger partial charge in [-0.15, -0.1) is 0 Å². The molecule has 1 aliphatic heterocycles. The van der Waals surface area contributed by atoms with Gasteiger partial charge in [0.15, 0.2) is 0 Å². The fourth-order valence-corrected chi connectivity index (χ4v) is 3.92. The van der Waals surface area contributed by atoms with Crippen LogP contribution in [0.4, 0.5) is 5.69 Å². The van der Waals surface area contributed by atoms with Crippen molar-refractivity contribution in [3.63, 3.8) is 0 Å². The quantitative estimate of drug-likeness (QED) is 0.717. The van der Waals surface area contributed by atoms with Crippen molar-refractivity contribution in [1.82, 2.24) is 4.98 Å². The predicted molar refractivity (Wildman–Crippen MR) is 111 cm³/mol. The lowest BCUT2D eigenvalue weighted by molar-refractivity contribution is -0.107. The zero-order chi connectivity index (χ0) is 19.6. The first-order chi connectivity index (χ1) is 12.9. The predicted octanol–water partition coefficient (Wildman–Crippen LogP) is 4.74. The summed E-state index contributed by atoms with van der Waals surface area (Å²) in [4.78, 5) is 18.5. The van der Waals surface area contributed by atoms with Crippen LogP contribution in [0.15, 0.2) is 24.4 Å². The minimum atomic E-state index is 0.375. The molecule has 4 heteroatoms. The number of carbonyl (C=O) groups is 1. The molecule has 1 saturated heterocycles. The molecular formula is C23H30N2O2. The number of ether oxygens (including phenoxy) is 1. The Kier molecular flexibility index (Phi) is 5.54. The Bertz CT molecular complexity index is 833. The summed E-state index contributed by atoms with van der Waals surface area (Å²) in [6.07, 6.45) is 5.65. The molecule has 4 nitrogen and oxygen atoms in total. The molecule has 0 atom stereocenters. The number of piperidine rings is 1. The van der Waals surface area contributed by atoms with Crippen molar-refractivity contribution in [2.45, 2.75) is 47.0 Å². The molecule has 27 heavy (non-hydrogen) atoms. The summed E-state index contributed by atoms with van der Waals surface area (Å²) < 4.78 is 5.41. The maximum atomic E-state index is 11.4. The van der Waals surface area contributed by atoms with Crippen molar-refractivity contribution in [3.05, 3.63) is 41.2 Å². The average molecular weight is 367 g/mol. The van der Waals surface area contributed by atoms with Gasteiger partial charge < -0.3 is 14.4 Å². The highest BCUT2D eigenvalue weighted by atomic mass is 16.5. The Morgan fingerprint density at radius 1 is 1.22 bits per heavy atom. The van der Waals surface area contributed by atoms with Crippen LogP contribution in [0.1, 0.15) is 43.5 Å². The summed E-state index contributed by atoms with van der Waals surface area (Å²) in [5.41, 5.74) is 6.86. The second-order valence-electron chi connectivity index (χ2n) is 8.29. The third kappa shape index (κ3) is 4.00. The molecule has 0 amide bonds.